The van der Waals surface area contributed by atoms with E-state index in [0.29, 0.717) is 13.2 Å². The minimum absolute atomic E-state index is 0.266. The van der Waals surface area contributed by atoms with Crippen LogP contribution in [0.25, 0.3) is 0 Å². The second kappa shape index (κ2) is 5.72. The Labute approximate surface area is 129 Å². The molecule has 0 saturated heterocycles. The highest BCUT2D eigenvalue weighted by Crippen LogP contribution is 2.42. The number of primary amides is 1. The largest absolute Gasteiger partial charge is 0.492 e. The summed E-state index contributed by atoms with van der Waals surface area (Å²) in [7, 11) is 0. The molecule has 114 valence electrons. The molecule has 1 aliphatic heterocycles. The standard InChI is InChI=1S/C18H19NO3/c1-18(10-17(19)20)12-22-16-8-7-14(9-15(16)18)21-11-13-5-3-2-4-6-13/h2-9H,10-12H2,1H3,(H2,19,20). The van der Waals surface area contributed by atoms with Crippen molar-refractivity contribution >= 4 is 5.91 Å². The van der Waals surface area contributed by atoms with Crippen LogP contribution in [0.2, 0.25) is 0 Å². The van der Waals surface area contributed by atoms with Gasteiger partial charge in [0.1, 0.15) is 18.1 Å². The van der Waals surface area contributed by atoms with Crippen molar-refractivity contribution in [3.05, 3.63) is 59.7 Å². The average molecular weight is 297 g/mol. The summed E-state index contributed by atoms with van der Waals surface area (Å²) in [6.45, 7) is 2.96. The first kappa shape index (κ1) is 14.4. The van der Waals surface area contributed by atoms with E-state index >= 15 is 0 Å². The van der Waals surface area contributed by atoms with Gasteiger partial charge in [0.05, 0.1) is 6.61 Å². The minimum Gasteiger partial charge on any atom is -0.492 e. The Hall–Kier alpha value is -2.49. The van der Waals surface area contributed by atoms with Gasteiger partial charge in [-0.1, -0.05) is 37.3 Å². The zero-order valence-corrected chi connectivity index (χ0v) is 12.5. The minimum atomic E-state index is -0.382. The Balaban J connectivity index is 1.78. The van der Waals surface area contributed by atoms with Crippen molar-refractivity contribution in [1.82, 2.24) is 0 Å². The lowest BCUT2D eigenvalue weighted by Gasteiger charge is -2.21. The Kier molecular flexibility index (Phi) is 3.75. The molecule has 22 heavy (non-hydrogen) atoms. The number of carbonyl (C=O) groups excluding carboxylic acids is 1. The van der Waals surface area contributed by atoms with E-state index in [1.54, 1.807) is 0 Å². The molecule has 4 heteroatoms. The number of amides is 1. The van der Waals surface area contributed by atoms with Gasteiger partial charge in [-0.25, -0.2) is 0 Å². The van der Waals surface area contributed by atoms with Gasteiger partial charge >= 0.3 is 0 Å². The predicted octanol–water partition coefficient (Wildman–Crippen LogP) is 2.79. The molecule has 2 N–H and O–H groups in total. The van der Waals surface area contributed by atoms with Crippen LogP contribution >= 0.6 is 0 Å². The highest BCUT2D eigenvalue weighted by atomic mass is 16.5. The number of benzene rings is 2. The van der Waals surface area contributed by atoms with Crippen molar-refractivity contribution in [3.63, 3.8) is 0 Å². The molecule has 0 radical (unpaired) electrons. The van der Waals surface area contributed by atoms with Gasteiger partial charge in [0, 0.05) is 17.4 Å². The lowest BCUT2D eigenvalue weighted by atomic mass is 9.81. The quantitative estimate of drug-likeness (QED) is 0.923. The van der Waals surface area contributed by atoms with E-state index < -0.39 is 0 Å². The maximum atomic E-state index is 11.3. The molecular weight excluding hydrogens is 278 g/mol. The first-order chi connectivity index (χ1) is 10.6. The normalized spacial score (nSPS) is 19.3. The third-order valence-electron chi connectivity index (χ3n) is 3.96. The van der Waals surface area contributed by atoms with Crippen LogP contribution in [0.4, 0.5) is 0 Å². The van der Waals surface area contributed by atoms with E-state index in [4.69, 9.17) is 15.2 Å². The van der Waals surface area contributed by atoms with Crippen molar-refractivity contribution in [1.29, 1.82) is 0 Å². The number of ether oxygens (including phenoxy) is 2. The number of rotatable bonds is 5. The van der Waals surface area contributed by atoms with Crippen molar-refractivity contribution in [2.24, 2.45) is 5.73 Å². The van der Waals surface area contributed by atoms with E-state index in [-0.39, 0.29) is 17.7 Å². The number of hydrogen-bond acceptors (Lipinski definition) is 3. The summed E-state index contributed by atoms with van der Waals surface area (Å²) >= 11 is 0. The summed E-state index contributed by atoms with van der Waals surface area (Å²) in [5.41, 5.74) is 7.07. The fourth-order valence-electron chi connectivity index (χ4n) is 2.78. The highest BCUT2D eigenvalue weighted by molar-refractivity contribution is 5.76. The number of nitrogens with two attached hydrogens (primary N) is 1. The van der Waals surface area contributed by atoms with Gasteiger partial charge in [0.2, 0.25) is 5.91 Å². The molecule has 1 heterocycles. The summed E-state index contributed by atoms with van der Waals surface area (Å²) in [4.78, 5) is 11.3. The molecule has 0 aromatic heterocycles. The van der Waals surface area contributed by atoms with Crippen LogP contribution < -0.4 is 15.2 Å². The molecule has 0 bridgehead atoms. The molecule has 1 aliphatic rings. The number of carbonyl (C=O) groups is 1. The summed E-state index contributed by atoms with van der Waals surface area (Å²) in [6, 6.07) is 15.7. The first-order valence-corrected chi connectivity index (χ1v) is 7.29. The molecule has 0 aliphatic carbocycles. The van der Waals surface area contributed by atoms with Gasteiger partial charge in [0.25, 0.3) is 0 Å². The van der Waals surface area contributed by atoms with Gasteiger partial charge in [-0.3, -0.25) is 4.79 Å². The second-order valence-corrected chi connectivity index (χ2v) is 5.92. The van der Waals surface area contributed by atoms with E-state index in [0.717, 1.165) is 22.6 Å². The third kappa shape index (κ3) is 2.91. The third-order valence-corrected chi connectivity index (χ3v) is 3.96. The van der Waals surface area contributed by atoms with Gasteiger partial charge < -0.3 is 15.2 Å². The Morgan fingerprint density at radius 2 is 2.05 bits per heavy atom. The first-order valence-electron chi connectivity index (χ1n) is 7.29. The van der Waals surface area contributed by atoms with Gasteiger partial charge in [-0.15, -0.1) is 0 Å². The van der Waals surface area contributed by atoms with E-state index in [2.05, 4.69) is 0 Å². The van der Waals surface area contributed by atoms with Crippen molar-refractivity contribution in [2.45, 2.75) is 25.4 Å². The Morgan fingerprint density at radius 3 is 2.77 bits per heavy atom. The average Bonchev–Trinajstić information content (AvgIpc) is 2.82. The Morgan fingerprint density at radius 1 is 1.27 bits per heavy atom. The van der Waals surface area contributed by atoms with Crippen molar-refractivity contribution in [3.8, 4) is 11.5 Å². The molecule has 4 nitrogen and oxygen atoms in total. The lowest BCUT2D eigenvalue weighted by Crippen LogP contribution is -2.30. The molecule has 2 aromatic rings. The molecule has 3 rings (SSSR count). The topological polar surface area (TPSA) is 61.6 Å². The van der Waals surface area contributed by atoms with Crippen LogP contribution in [0.1, 0.15) is 24.5 Å². The van der Waals surface area contributed by atoms with E-state index in [1.165, 1.54) is 0 Å². The molecule has 1 atom stereocenters. The molecule has 2 aromatic carbocycles. The maximum absolute atomic E-state index is 11.3. The zero-order chi connectivity index (χ0) is 15.6. The highest BCUT2D eigenvalue weighted by Gasteiger charge is 2.38. The van der Waals surface area contributed by atoms with Crippen molar-refractivity contribution < 1.29 is 14.3 Å². The predicted molar refractivity (Wildman–Crippen MR) is 83.9 cm³/mol. The summed E-state index contributed by atoms with van der Waals surface area (Å²) in [5, 5.41) is 0. The van der Waals surface area contributed by atoms with Crippen LogP contribution in [-0.2, 0) is 16.8 Å². The molecule has 1 amide bonds. The molecular formula is C18H19NO3. The number of fused-ring (bicyclic) bond motifs is 1. The van der Waals surface area contributed by atoms with Crippen LogP contribution in [0.15, 0.2) is 48.5 Å². The fourth-order valence-corrected chi connectivity index (χ4v) is 2.78. The zero-order valence-electron chi connectivity index (χ0n) is 12.5. The SMILES string of the molecule is CC1(CC(N)=O)COc2ccc(OCc3ccccc3)cc21. The van der Waals surface area contributed by atoms with Crippen LogP contribution in [-0.4, -0.2) is 12.5 Å². The molecule has 0 spiro atoms. The van der Waals surface area contributed by atoms with Crippen molar-refractivity contribution in [2.75, 3.05) is 6.61 Å². The van der Waals surface area contributed by atoms with E-state index in [1.807, 2.05) is 55.5 Å². The van der Waals surface area contributed by atoms with Crippen LogP contribution in [0.5, 0.6) is 11.5 Å². The smallest absolute Gasteiger partial charge is 0.218 e. The summed E-state index contributed by atoms with van der Waals surface area (Å²) < 4.78 is 11.5. The molecule has 0 saturated carbocycles. The second-order valence-electron chi connectivity index (χ2n) is 5.92. The van der Waals surface area contributed by atoms with Gasteiger partial charge in [-0.05, 0) is 23.8 Å². The van der Waals surface area contributed by atoms with Crippen LogP contribution in [0, 0.1) is 0 Å². The lowest BCUT2D eigenvalue weighted by molar-refractivity contribution is -0.119. The fraction of sp³-hybridized carbons (Fsp3) is 0.278. The monoisotopic (exact) mass is 297 g/mol. The summed E-state index contributed by atoms with van der Waals surface area (Å²) in [5.74, 6) is 1.24. The van der Waals surface area contributed by atoms with E-state index in [9.17, 15) is 4.79 Å². The Bertz CT molecular complexity index is 684. The van der Waals surface area contributed by atoms with Gasteiger partial charge in [-0.2, -0.15) is 0 Å². The molecule has 0 fully saturated rings. The molecule has 1 unspecified atom stereocenters. The summed E-state index contributed by atoms with van der Waals surface area (Å²) in [6.07, 6.45) is 0.266. The maximum Gasteiger partial charge on any atom is 0.218 e. The number of hydrogen-bond donors (Lipinski definition) is 1. The van der Waals surface area contributed by atoms with Gasteiger partial charge in [0.15, 0.2) is 0 Å². The van der Waals surface area contributed by atoms with Crippen LogP contribution in [0.3, 0.4) is 0 Å².